The molecule has 0 aromatic heterocycles. The molecule has 0 aliphatic rings. The molecule has 4 aromatic carbocycles. The summed E-state index contributed by atoms with van der Waals surface area (Å²) >= 11 is 0. The van der Waals surface area contributed by atoms with Gasteiger partial charge in [-0.25, -0.2) is 0 Å². The second-order valence-electron chi connectivity index (χ2n) is 7.82. The molecule has 0 unspecified atom stereocenters. The highest BCUT2D eigenvalue weighted by Gasteiger charge is 2.12. The Labute approximate surface area is 233 Å². The van der Waals surface area contributed by atoms with E-state index >= 15 is 0 Å². The summed E-state index contributed by atoms with van der Waals surface area (Å²) in [6, 6.07) is 20.5. The summed E-state index contributed by atoms with van der Waals surface area (Å²) in [5.74, 6) is -0.210. The Morgan fingerprint density at radius 1 is 0.357 bits per heavy atom. The third kappa shape index (κ3) is 9.22. The van der Waals surface area contributed by atoms with Crippen LogP contribution in [0, 0.1) is 0 Å². The molecule has 12 heteroatoms. The number of benzene rings is 4. The van der Waals surface area contributed by atoms with E-state index in [-0.39, 0.29) is 17.2 Å². The maximum absolute atomic E-state index is 12.8. The van der Waals surface area contributed by atoms with Gasteiger partial charge in [0.15, 0.2) is 0 Å². The third-order valence-corrected chi connectivity index (χ3v) is 5.07. The molecule has 0 atom stereocenters. The molecule has 4 aromatic rings. The summed E-state index contributed by atoms with van der Waals surface area (Å²) in [7, 11) is 0. The Morgan fingerprint density at radius 3 is 1.17 bits per heavy atom. The highest BCUT2D eigenvalue weighted by molar-refractivity contribution is 5.70. The maximum atomic E-state index is 12.8. The van der Waals surface area contributed by atoms with Crippen molar-refractivity contribution in [1.29, 1.82) is 0 Å². The SMILES string of the molecule is FC(F)=C(F)Oc1ccc(-c2ccc(OC(F)=C(F)F)cc2)cc1.FC(F)=C(F)Oc1ccccc1-c1ccccc1. The van der Waals surface area contributed by atoms with Crippen LogP contribution in [0.1, 0.15) is 0 Å². The first-order chi connectivity index (χ1) is 20.0. The zero-order valence-corrected chi connectivity index (χ0v) is 20.9. The Kier molecular flexibility index (Phi) is 11.2. The molecule has 0 N–H and O–H groups in total. The van der Waals surface area contributed by atoms with E-state index < -0.39 is 36.3 Å². The van der Waals surface area contributed by atoms with Crippen molar-refractivity contribution < 1.29 is 53.7 Å². The minimum Gasteiger partial charge on any atom is -0.428 e. The van der Waals surface area contributed by atoms with Gasteiger partial charge in [0.05, 0.1) is 0 Å². The molecule has 0 heterocycles. The summed E-state index contributed by atoms with van der Waals surface area (Å²) in [6.07, 6.45) is -7.61. The first kappa shape index (κ1) is 31.4. The van der Waals surface area contributed by atoms with Crippen LogP contribution in [0.3, 0.4) is 0 Å². The first-order valence-electron chi connectivity index (χ1n) is 11.6. The number of ether oxygens (including phenoxy) is 3. The molecule has 0 saturated heterocycles. The summed E-state index contributed by atoms with van der Waals surface area (Å²) in [5, 5.41) is 0. The average Bonchev–Trinajstić information content (AvgIpc) is 2.99. The van der Waals surface area contributed by atoms with Gasteiger partial charge in [0.25, 0.3) is 0 Å². The first-order valence-corrected chi connectivity index (χ1v) is 11.6. The number of rotatable bonds is 8. The van der Waals surface area contributed by atoms with Crippen LogP contribution in [0.5, 0.6) is 17.2 Å². The molecule has 0 radical (unpaired) electrons. The molecule has 0 amide bonds. The zero-order chi connectivity index (χ0) is 30.6. The van der Waals surface area contributed by atoms with Gasteiger partial charge in [0.1, 0.15) is 17.2 Å². The molecule has 0 bridgehead atoms. The van der Waals surface area contributed by atoms with Gasteiger partial charge in [-0.2, -0.15) is 39.5 Å². The topological polar surface area (TPSA) is 27.7 Å². The maximum Gasteiger partial charge on any atom is 0.344 e. The fraction of sp³-hybridized carbons (Fsp3) is 0. The van der Waals surface area contributed by atoms with E-state index in [9.17, 15) is 39.5 Å². The standard InChI is InChI=1S/C16H8F6O2.C14H9F3O/c17-13(18)15(21)23-11-5-1-9(2-6-11)10-3-7-12(8-4-10)24-16(22)14(19)20;15-13(16)14(17)18-12-9-5-4-8-11(12)10-6-2-1-3-7-10/h1-8H;1-9H. The van der Waals surface area contributed by atoms with Gasteiger partial charge < -0.3 is 14.2 Å². The van der Waals surface area contributed by atoms with E-state index in [0.717, 1.165) is 5.56 Å². The van der Waals surface area contributed by atoms with Crippen LogP contribution in [0.2, 0.25) is 0 Å². The van der Waals surface area contributed by atoms with Gasteiger partial charge in [0.2, 0.25) is 0 Å². The van der Waals surface area contributed by atoms with Crippen molar-refractivity contribution in [2.45, 2.75) is 0 Å². The van der Waals surface area contributed by atoms with Gasteiger partial charge in [0, 0.05) is 5.56 Å². The van der Waals surface area contributed by atoms with Crippen molar-refractivity contribution in [2.24, 2.45) is 0 Å². The molecule has 3 nitrogen and oxygen atoms in total. The lowest BCUT2D eigenvalue weighted by Crippen LogP contribution is -1.93. The van der Waals surface area contributed by atoms with Crippen LogP contribution in [-0.2, 0) is 0 Å². The number of halogens is 9. The average molecular weight is 596 g/mol. The fourth-order valence-electron chi connectivity index (χ4n) is 3.26. The fourth-order valence-corrected chi connectivity index (χ4v) is 3.26. The van der Waals surface area contributed by atoms with E-state index in [1.807, 2.05) is 6.07 Å². The summed E-state index contributed by atoms with van der Waals surface area (Å²) in [5.41, 5.74) is 2.52. The van der Waals surface area contributed by atoms with Crippen LogP contribution in [-0.4, -0.2) is 0 Å². The Bertz CT molecular complexity index is 1490. The lowest BCUT2D eigenvalue weighted by molar-refractivity contribution is 0.241. The second-order valence-corrected chi connectivity index (χ2v) is 7.82. The largest absolute Gasteiger partial charge is 0.428 e. The molecular formula is C30H17F9O3. The highest BCUT2D eigenvalue weighted by atomic mass is 19.3. The normalized spacial score (nSPS) is 10.0. The Hall–Kier alpha value is -5.13. The molecule has 0 aliphatic carbocycles. The number of hydrogen-bond donors (Lipinski definition) is 0. The molecule has 0 spiro atoms. The van der Waals surface area contributed by atoms with Gasteiger partial charge in [-0.1, -0.05) is 72.8 Å². The number of para-hydroxylation sites is 1. The smallest absolute Gasteiger partial charge is 0.344 e. The number of hydrogen-bond acceptors (Lipinski definition) is 3. The minimum atomic E-state index is -2.57. The van der Waals surface area contributed by atoms with Crippen LogP contribution in [0.15, 0.2) is 139 Å². The predicted octanol–water partition coefficient (Wildman–Crippen LogP) is 10.9. The van der Waals surface area contributed by atoms with Crippen LogP contribution < -0.4 is 14.2 Å². The van der Waals surface area contributed by atoms with Crippen molar-refractivity contribution in [3.05, 3.63) is 139 Å². The quantitative estimate of drug-likeness (QED) is 0.150. The second kappa shape index (κ2) is 15.0. The van der Waals surface area contributed by atoms with Crippen LogP contribution in [0.4, 0.5) is 39.5 Å². The Morgan fingerprint density at radius 2 is 0.738 bits per heavy atom. The van der Waals surface area contributed by atoms with Gasteiger partial charge >= 0.3 is 36.3 Å². The zero-order valence-electron chi connectivity index (χ0n) is 20.9. The van der Waals surface area contributed by atoms with Crippen molar-refractivity contribution in [1.82, 2.24) is 0 Å². The van der Waals surface area contributed by atoms with Crippen LogP contribution in [0.25, 0.3) is 22.3 Å². The molecular weight excluding hydrogens is 579 g/mol. The highest BCUT2D eigenvalue weighted by Crippen LogP contribution is 2.32. The molecule has 218 valence electrons. The molecule has 42 heavy (non-hydrogen) atoms. The van der Waals surface area contributed by atoms with E-state index in [0.29, 0.717) is 16.7 Å². The minimum absolute atomic E-state index is 0.0500. The van der Waals surface area contributed by atoms with E-state index in [1.54, 1.807) is 42.5 Å². The van der Waals surface area contributed by atoms with E-state index in [1.165, 1.54) is 54.6 Å². The van der Waals surface area contributed by atoms with Gasteiger partial charge in [-0.3, -0.25) is 0 Å². The third-order valence-electron chi connectivity index (χ3n) is 5.07. The van der Waals surface area contributed by atoms with Gasteiger partial charge in [-0.05, 0) is 47.0 Å². The van der Waals surface area contributed by atoms with Crippen molar-refractivity contribution in [2.75, 3.05) is 0 Å². The van der Waals surface area contributed by atoms with E-state index in [4.69, 9.17) is 0 Å². The monoisotopic (exact) mass is 596 g/mol. The van der Waals surface area contributed by atoms with E-state index in [2.05, 4.69) is 14.2 Å². The van der Waals surface area contributed by atoms with Crippen LogP contribution >= 0.6 is 0 Å². The predicted molar refractivity (Wildman–Crippen MR) is 137 cm³/mol. The Balaban J connectivity index is 0.000000240. The summed E-state index contributed by atoms with van der Waals surface area (Å²) in [4.78, 5) is 0. The lowest BCUT2D eigenvalue weighted by Gasteiger charge is -2.09. The van der Waals surface area contributed by atoms with Crippen molar-refractivity contribution >= 4 is 0 Å². The molecule has 0 aliphatic heterocycles. The lowest BCUT2D eigenvalue weighted by atomic mass is 10.1. The summed E-state index contributed by atoms with van der Waals surface area (Å²) in [6.45, 7) is 0. The summed E-state index contributed by atoms with van der Waals surface area (Å²) < 4.78 is 123. The molecule has 0 fully saturated rings. The van der Waals surface area contributed by atoms with Crippen molar-refractivity contribution in [3.8, 4) is 39.5 Å². The van der Waals surface area contributed by atoms with Crippen molar-refractivity contribution in [3.63, 3.8) is 0 Å². The van der Waals surface area contributed by atoms with Gasteiger partial charge in [-0.15, -0.1) is 0 Å². The molecule has 4 rings (SSSR count). The molecule has 0 saturated carbocycles.